The van der Waals surface area contributed by atoms with Crippen LogP contribution in [0.25, 0.3) is 11.0 Å². The zero-order valence-corrected chi connectivity index (χ0v) is 18.0. The van der Waals surface area contributed by atoms with Crippen molar-refractivity contribution in [3.63, 3.8) is 0 Å². The molecular formula is C24H25N5O2. The maximum Gasteiger partial charge on any atom is 0.256 e. The molecule has 0 spiro atoms. The number of nitrogens with zero attached hydrogens (tertiary/aromatic N) is 4. The van der Waals surface area contributed by atoms with Crippen LogP contribution in [0.15, 0.2) is 61.1 Å². The molecule has 0 aliphatic carbocycles. The average molecular weight is 415 g/mol. The van der Waals surface area contributed by atoms with Crippen molar-refractivity contribution in [3.8, 4) is 11.5 Å². The van der Waals surface area contributed by atoms with Crippen molar-refractivity contribution < 1.29 is 9.53 Å². The summed E-state index contributed by atoms with van der Waals surface area (Å²) in [6, 6.07) is 12.8. The number of hydrogen-bond donors (Lipinski definition) is 1. The molecular weight excluding hydrogens is 390 g/mol. The molecule has 0 fully saturated rings. The average Bonchev–Trinajstić information content (AvgIpc) is 3.19. The van der Waals surface area contributed by atoms with Gasteiger partial charge in [-0.05, 0) is 62.2 Å². The topological polar surface area (TPSA) is 81.9 Å². The van der Waals surface area contributed by atoms with Crippen molar-refractivity contribution in [3.05, 3.63) is 72.3 Å². The van der Waals surface area contributed by atoms with Gasteiger partial charge in [0.05, 0.1) is 17.1 Å². The second kappa shape index (κ2) is 8.55. The van der Waals surface area contributed by atoms with Crippen LogP contribution in [0.2, 0.25) is 0 Å². The van der Waals surface area contributed by atoms with E-state index in [0.29, 0.717) is 22.7 Å². The fraction of sp³-hybridized carbons (Fsp3) is 0.250. The van der Waals surface area contributed by atoms with Gasteiger partial charge in [0.15, 0.2) is 5.65 Å². The molecule has 0 aliphatic heterocycles. The van der Waals surface area contributed by atoms with Gasteiger partial charge in [0.2, 0.25) is 0 Å². The maximum absolute atomic E-state index is 13.1. The summed E-state index contributed by atoms with van der Waals surface area (Å²) in [5.74, 6) is 1.38. The van der Waals surface area contributed by atoms with E-state index in [9.17, 15) is 4.79 Å². The molecule has 0 unspecified atom stereocenters. The molecule has 0 saturated heterocycles. The Kier molecular flexibility index (Phi) is 5.66. The van der Waals surface area contributed by atoms with Gasteiger partial charge < -0.3 is 10.1 Å². The minimum absolute atomic E-state index is 0.149. The van der Waals surface area contributed by atoms with Crippen LogP contribution < -0.4 is 10.1 Å². The predicted octanol–water partition coefficient (Wildman–Crippen LogP) is 5.58. The molecule has 7 nitrogen and oxygen atoms in total. The van der Waals surface area contributed by atoms with Crippen molar-refractivity contribution in [2.24, 2.45) is 0 Å². The number of anilines is 1. The minimum Gasteiger partial charge on any atom is -0.457 e. The molecule has 0 atom stereocenters. The number of pyridine rings is 2. The van der Waals surface area contributed by atoms with Crippen molar-refractivity contribution in [2.75, 3.05) is 5.32 Å². The van der Waals surface area contributed by atoms with Gasteiger partial charge in [0.25, 0.3) is 5.91 Å². The number of aromatic nitrogens is 4. The molecule has 0 radical (unpaired) electrons. The van der Waals surface area contributed by atoms with E-state index in [1.807, 2.05) is 48.9 Å². The number of benzene rings is 1. The fourth-order valence-corrected chi connectivity index (χ4v) is 3.25. The summed E-state index contributed by atoms with van der Waals surface area (Å²) in [7, 11) is 0. The highest BCUT2D eigenvalue weighted by molar-refractivity contribution is 6.12. The number of carbonyl (C=O) groups excluding carboxylic acids is 1. The summed E-state index contributed by atoms with van der Waals surface area (Å²) in [6.07, 6.45) is 5.06. The Hall–Kier alpha value is -3.74. The lowest BCUT2D eigenvalue weighted by molar-refractivity contribution is 0.102. The number of hydrogen-bond acceptors (Lipinski definition) is 5. The van der Waals surface area contributed by atoms with E-state index < -0.39 is 0 Å². The number of ether oxygens (including phenoxy) is 1. The zero-order chi connectivity index (χ0) is 22.0. The molecule has 1 aromatic carbocycles. The Morgan fingerprint density at radius 2 is 1.68 bits per heavy atom. The molecule has 0 aliphatic rings. The fourth-order valence-electron chi connectivity index (χ4n) is 3.25. The largest absolute Gasteiger partial charge is 0.457 e. The summed E-state index contributed by atoms with van der Waals surface area (Å²) >= 11 is 0. The quantitative estimate of drug-likeness (QED) is 0.445. The van der Waals surface area contributed by atoms with Crippen molar-refractivity contribution in [1.29, 1.82) is 0 Å². The third-order valence-corrected chi connectivity index (χ3v) is 4.91. The van der Waals surface area contributed by atoms with Crippen LogP contribution in [-0.2, 0) is 0 Å². The van der Waals surface area contributed by atoms with Crippen LogP contribution in [0.5, 0.6) is 11.5 Å². The molecule has 3 aromatic heterocycles. The van der Waals surface area contributed by atoms with E-state index in [2.05, 4.69) is 29.2 Å². The Morgan fingerprint density at radius 1 is 1.00 bits per heavy atom. The molecule has 0 saturated carbocycles. The Balaban J connectivity index is 1.59. The lowest BCUT2D eigenvalue weighted by atomic mass is 10.0. The number of rotatable bonds is 6. The third-order valence-electron chi connectivity index (χ3n) is 4.91. The van der Waals surface area contributed by atoms with E-state index in [1.54, 1.807) is 30.7 Å². The standard InChI is InChI=1S/C24H25N5O2/c1-15(2)22-13-20(21-14-26-29(16(3)4)23(21)28-22)24(30)27-17-5-7-18(8-6-17)31-19-9-11-25-12-10-19/h5-16H,1-4H3,(H,27,30). The van der Waals surface area contributed by atoms with Crippen molar-refractivity contribution in [1.82, 2.24) is 19.7 Å². The van der Waals surface area contributed by atoms with Crippen LogP contribution in [0, 0.1) is 0 Å². The molecule has 7 heteroatoms. The van der Waals surface area contributed by atoms with Gasteiger partial charge in [-0.3, -0.25) is 9.78 Å². The summed E-state index contributed by atoms with van der Waals surface area (Å²) in [4.78, 5) is 21.9. The Labute approximate surface area is 181 Å². The van der Waals surface area contributed by atoms with Gasteiger partial charge >= 0.3 is 0 Å². The highest BCUT2D eigenvalue weighted by Gasteiger charge is 2.19. The molecule has 1 N–H and O–H groups in total. The monoisotopic (exact) mass is 415 g/mol. The third kappa shape index (κ3) is 4.40. The highest BCUT2D eigenvalue weighted by Crippen LogP contribution is 2.26. The number of nitrogens with one attached hydrogen (secondary N) is 1. The summed E-state index contributed by atoms with van der Waals surface area (Å²) in [6.45, 7) is 8.22. The predicted molar refractivity (Wildman–Crippen MR) is 121 cm³/mol. The van der Waals surface area contributed by atoms with Gasteiger partial charge in [-0.15, -0.1) is 0 Å². The Morgan fingerprint density at radius 3 is 2.32 bits per heavy atom. The lowest BCUT2D eigenvalue weighted by Crippen LogP contribution is -2.14. The molecule has 0 bridgehead atoms. The maximum atomic E-state index is 13.1. The first kappa shape index (κ1) is 20.5. The van der Waals surface area contributed by atoms with E-state index in [4.69, 9.17) is 9.72 Å². The van der Waals surface area contributed by atoms with Gasteiger partial charge in [-0.2, -0.15) is 5.10 Å². The summed E-state index contributed by atoms with van der Waals surface area (Å²) < 4.78 is 7.63. The number of carbonyl (C=O) groups is 1. The molecule has 4 rings (SSSR count). The summed E-state index contributed by atoms with van der Waals surface area (Å²) in [5, 5.41) is 8.17. The van der Waals surface area contributed by atoms with Gasteiger partial charge in [-0.25, -0.2) is 9.67 Å². The molecule has 1 amide bonds. The zero-order valence-electron chi connectivity index (χ0n) is 18.0. The van der Waals surface area contributed by atoms with Crippen LogP contribution in [0.4, 0.5) is 5.69 Å². The molecule has 3 heterocycles. The van der Waals surface area contributed by atoms with Gasteiger partial charge in [0, 0.05) is 29.8 Å². The van der Waals surface area contributed by atoms with Gasteiger partial charge in [0.1, 0.15) is 11.5 Å². The Bertz CT molecular complexity index is 1200. The van der Waals surface area contributed by atoms with Gasteiger partial charge in [-0.1, -0.05) is 13.8 Å². The molecule has 4 aromatic rings. The van der Waals surface area contributed by atoms with E-state index in [1.165, 1.54) is 0 Å². The highest BCUT2D eigenvalue weighted by atomic mass is 16.5. The molecule has 158 valence electrons. The van der Waals surface area contributed by atoms with Crippen LogP contribution in [0.3, 0.4) is 0 Å². The first-order valence-corrected chi connectivity index (χ1v) is 10.3. The minimum atomic E-state index is -0.194. The first-order chi connectivity index (χ1) is 14.9. The van der Waals surface area contributed by atoms with E-state index in [0.717, 1.165) is 16.7 Å². The molecule has 31 heavy (non-hydrogen) atoms. The second-order valence-corrected chi connectivity index (χ2v) is 7.93. The lowest BCUT2D eigenvalue weighted by Gasteiger charge is -2.12. The normalized spacial score (nSPS) is 11.3. The van der Waals surface area contributed by atoms with E-state index >= 15 is 0 Å². The smallest absolute Gasteiger partial charge is 0.256 e. The van der Waals surface area contributed by atoms with Crippen LogP contribution in [-0.4, -0.2) is 25.7 Å². The van der Waals surface area contributed by atoms with E-state index in [-0.39, 0.29) is 17.9 Å². The number of fused-ring (bicyclic) bond motifs is 1. The summed E-state index contributed by atoms with van der Waals surface area (Å²) in [5.41, 5.74) is 2.84. The number of amides is 1. The second-order valence-electron chi connectivity index (χ2n) is 7.93. The van der Waals surface area contributed by atoms with Crippen LogP contribution in [0.1, 0.15) is 55.7 Å². The first-order valence-electron chi connectivity index (χ1n) is 10.3. The van der Waals surface area contributed by atoms with Crippen molar-refractivity contribution in [2.45, 2.75) is 39.7 Å². The van der Waals surface area contributed by atoms with Crippen LogP contribution >= 0.6 is 0 Å². The van der Waals surface area contributed by atoms with Crippen molar-refractivity contribution >= 4 is 22.6 Å². The SMILES string of the molecule is CC(C)c1cc(C(=O)Nc2ccc(Oc3ccncc3)cc2)c2cnn(C(C)C)c2n1.